The van der Waals surface area contributed by atoms with Gasteiger partial charge in [0.25, 0.3) is 0 Å². The molecule has 26 heavy (non-hydrogen) atoms. The van der Waals surface area contributed by atoms with Crippen molar-refractivity contribution in [1.82, 2.24) is 5.32 Å². The zero-order valence-electron chi connectivity index (χ0n) is 15.3. The van der Waals surface area contributed by atoms with Crippen LogP contribution in [0.3, 0.4) is 0 Å². The summed E-state index contributed by atoms with van der Waals surface area (Å²) >= 11 is 6.12. The number of ether oxygens (including phenoxy) is 1. The van der Waals surface area contributed by atoms with E-state index in [0.717, 1.165) is 22.3 Å². The lowest BCUT2D eigenvalue weighted by Crippen LogP contribution is -2.35. The minimum atomic E-state index is -0.348. The molecule has 0 saturated carbocycles. The summed E-state index contributed by atoms with van der Waals surface area (Å²) in [6.45, 7) is 7.39. The van der Waals surface area contributed by atoms with E-state index in [0.29, 0.717) is 18.2 Å². The predicted molar refractivity (Wildman–Crippen MR) is 106 cm³/mol. The number of rotatable bonds is 5. The molecule has 0 atom stereocenters. The van der Waals surface area contributed by atoms with E-state index in [1.165, 1.54) is 17.5 Å². The summed E-state index contributed by atoms with van der Waals surface area (Å²) < 4.78 is 19.3. The van der Waals surface area contributed by atoms with E-state index in [2.05, 4.69) is 44.3 Å². The van der Waals surface area contributed by atoms with E-state index in [1.54, 1.807) is 6.07 Å². The standard InChI is InChI=1S/C22H23ClFNO/c1-22(2,3)25-13-19-18-7-5-4-6-15(18)9-11-21(19)26-14-16-8-10-17(24)12-20(16)23/h4-12,25H,13-14H2,1-3H3. The van der Waals surface area contributed by atoms with E-state index < -0.39 is 0 Å². The van der Waals surface area contributed by atoms with Gasteiger partial charge in [-0.15, -0.1) is 0 Å². The molecule has 4 heteroatoms. The number of hydrogen-bond donors (Lipinski definition) is 1. The molecule has 0 amide bonds. The summed E-state index contributed by atoms with van der Waals surface area (Å²) in [6.07, 6.45) is 0. The van der Waals surface area contributed by atoms with Crippen LogP contribution < -0.4 is 10.1 Å². The van der Waals surface area contributed by atoms with Crippen molar-refractivity contribution < 1.29 is 9.13 Å². The first-order valence-electron chi connectivity index (χ1n) is 8.66. The molecular formula is C22H23ClFNO. The fourth-order valence-electron chi connectivity index (χ4n) is 2.78. The van der Waals surface area contributed by atoms with E-state index >= 15 is 0 Å². The van der Waals surface area contributed by atoms with Crippen LogP contribution in [0.4, 0.5) is 4.39 Å². The summed E-state index contributed by atoms with van der Waals surface area (Å²) in [4.78, 5) is 0. The summed E-state index contributed by atoms with van der Waals surface area (Å²) in [5.41, 5.74) is 1.86. The molecule has 2 nitrogen and oxygen atoms in total. The van der Waals surface area contributed by atoms with Gasteiger partial charge in [-0.05, 0) is 49.7 Å². The first-order chi connectivity index (χ1) is 12.3. The smallest absolute Gasteiger partial charge is 0.124 e. The maximum Gasteiger partial charge on any atom is 0.124 e. The molecule has 0 aliphatic rings. The molecule has 3 aromatic rings. The fraction of sp³-hybridized carbons (Fsp3) is 0.273. The third kappa shape index (κ3) is 4.54. The van der Waals surface area contributed by atoms with Gasteiger partial charge in [-0.1, -0.05) is 48.0 Å². The summed E-state index contributed by atoms with van der Waals surface area (Å²) in [7, 11) is 0. The highest BCUT2D eigenvalue weighted by molar-refractivity contribution is 6.31. The van der Waals surface area contributed by atoms with Gasteiger partial charge < -0.3 is 10.1 Å². The van der Waals surface area contributed by atoms with Gasteiger partial charge in [0.1, 0.15) is 18.2 Å². The first-order valence-corrected chi connectivity index (χ1v) is 9.04. The Labute approximate surface area is 158 Å². The molecule has 0 aliphatic carbocycles. The molecule has 3 rings (SSSR count). The van der Waals surface area contributed by atoms with Crippen LogP contribution >= 0.6 is 11.6 Å². The van der Waals surface area contributed by atoms with Crippen LogP contribution in [0.5, 0.6) is 5.75 Å². The Kier molecular flexibility index (Phi) is 5.49. The lowest BCUT2D eigenvalue weighted by molar-refractivity contribution is 0.301. The van der Waals surface area contributed by atoms with Crippen molar-refractivity contribution in [2.24, 2.45) is 0 Å². The molecule has 0 radical (unpaired) electrons. The van der Waals surface area contributed by atoms with Gasteiger partial charge in [-0.25, -0.2) is 4.39 Å². The van der Waals surface area contributed by atoms with Crippen molar-refractivity contribution in [3.8, 4) is 5.75 Å². The molecule has 3 aromatic carbocycles. The summed E-state index contributed by atoms with van der Waals surface area (Å²) in [5, 5.41) is 6.24. The molecule has 0 fully saturated rings. The zero-order chi connectivity index (χ0) is 18.7. The quantitative estimate of drug-likeness (QED) is 0.585. The molecule has 1 N–H and O–H groups in total. The average Bonchev–Trinajstić information content (AvgIpc) is 2.58. The van der Waals surface area contributed by atoms with Crippen molar-refractivity contribution in [2.45, 2.75) is 39.5 Å². The van der Waals surface area contributed by atoms with Gasteiger partial charge in [-0.2, -0.15) is 0 Å². The number of hydrogen-bond acceptors (Lipinski definition) is 2. The van der Waals surface area contributed by atoms with Gasteiger partial charge >= 0.3 is 0 Å². The van der Waals surface area contributed by atoms with Gasteiger partial charge in [0.05, 0.1) is 5.02 Å². The molecule has 0 unspecified atom stereocenters. The lowest BCUT2D eigenvalue weighted by Gasteiger charge is -2.23. The molecule has 0 aliphatic heterocycles. The highest BCUT2D eigenvalue weighted by atomic mass is 35.5. The van der Waals surface area contributed by atoms with Crippen molar-refractivity contribution >= 4 is 22.4 Å². The van der Waals surface area contributed by atoms with E-state index in [4.69, 9.17) is 16.3 Å². The molecule has 0 spiro atoms. The van der Waals surface area contributed by atoms with Gasteiger partial charge in [0.15, 0.2) is 0 Å². The van der Waals surface area contributed by atoms with Crippen LogP contribution in [0, 0.1) is 5.82 Å². The second kappa shape index (κ2) is 7.65. The Morgan fingerprint density at radius 1 is 1.04 bits per heavy atom. The predicted octanol–water partition coefficient (Wildman–Crippen LogP) is 6.10. The number of benzene rings is 3. The maximum absolute atomic E-state index is 13.2. The van der Waals surface area contributed by atoms with Crippen LogP contribution in [0.15, 0.2) is 54.6 Å². The third-order valence-corrected chi connectivity index (χ3v) is 4.54. The van der Waals surface area contributed by atoms with E-state index in [1.807, 2.05) is 18.2 Å². The topological polar surface area (TPSA) is 21.3 Å². The number of nitrogens with one attached hydrogen (secondary N) is 1. The summed E-state index contributed by atoms with van der Waals surface area (Å²) in [5.74, 6) is 0.459. The second-order valence-corrected chi connectivity index (χ2v) is 7.80. The number of fused-ring (bicyclic) bond motifs is 1. The molecular weight excluding hydrogens is 349 g/mol. The van der Waals surface area contributed by atoms with Crippen molar-refractivity contribution in [3.05, 3.63) is 76.6 Å². The molecule has 0 aromatic heterocycles. The molecule has 0 bridgehead atoms. The Hall–Kier alpha value is -2.10. The fourth-order valence-corrected chi connectivity index (χ4v) is 3.00. The highest BCUT2D eigenvalue weighted by Gasteiger charge is 2.14. The zero-order valence-corrected chi connectivity index (χ0v) is 16.0. The second-order valence-electron chi connectivity index (χ2n) is 7.39. The Morgan fingerprint density at radius 2 is 1.81 bits per heavy atom. The Bertz CT molecular complexity index is 918. The Morgan fingerprint density at radius 3 is 2.54 bits per heavy atom. The SMILES string of the molecule is CC(C)(C)NCc1c(OCc2ccc(F)cc2Cl)ccc2ccccc12. The van der Waals surface area contributed by atoms with Gasteiger partial charge in [-0.3, -0.25) is 0 Å². The van der Waals surface area contributed by atoms with Crippen LogP contribution in [-0.2, 0) is 13.2 Å². The molecule has 0 heterocycles. The van der Waals surface area contributed by atoms with Gasteiger partial charge in [0.2, 0.25) is 0 Å². The highest BCUT2D eigenvalue weighted by Crippen LogP contribution is 2.30. The Balaban J connectivity index is 1.91. The maximum atomic E-state index is 13.2. The van der Waals surface area contributed by atoms with E-state index in [9.17, 15) is 4.39 Å². The average molecular weight is 372 g/mol. The third-order valence-electron chi connectivity index (χ3n) is 4.19. The molecule has 0 saturated heterocycles. The lowest BCUT2D eigenvalue weighted by atomic mass is 10.0. The van der Waals surface area contributed by atoms with Gasteiger partial charge in [0, 0.05) is 23.2 Å². The van der Waals surface area contributed by atoms with Crippen LogP contribution in [-0.4, -0.2) is 5.54 Å². The van der Waals surface area contributed by atoms with Crippen molar-refractivity contribution in [1.29, 1.82) is 0 Å². The van der Waals surface area contributed by atoms with Crippen LogP contribution in [0.2, 0.25) is 5.02 Å². The monoisotopic (exact) mass is 371 g/mol. The minimum absolute atomic E-state index is 0.00548. The first kappa shape index (κ1) is 18.7. The molecule has 136 valence electrons. The minimum Gasteiger partial charge on any atom is -0.488 e. The normalized spacial score (nSPS) is 11.7. The summed E-state index contributed by atoms with van der Waals surface area (Å²) in [6, 6.07) is 16.7. The van der Waals surface area contributed by atoms with Crippen LogP contribution in [0.25, 0.3) is 10.8 Å². The van der Waals surface area contributed by atoms with Crippen LogP contribution in [0.1, 0.15) is 31.9 Å². The van der Waals surface area contributed by atoms with Crippen molar-refractivity contribution in [3.63, 3.8) is 0 Å². The van der Waals surface area contributed by atoms with Crippen molar-refractivity contribution in [2.75, 3.05) is 0 Å². The number of halogens is 2. The van der Waals surface area contributed by atoms with E-state index in [-0.39, 0.29) is 11.4 Å². The largest absolute Gasteiger partial charge is 0.488 e.